The molecule has 0 radical (unpaired) electrons. The van der Waals surface area contributed by atoms with Crippen molar-refractivity contribution in [2.45, 2.75) is 39.3 Å². The largest absolute Gasteiger partial charge is 0.508 e. The Kier molecular flexibility index (Phi) is 8.02. The summed E-state index contributed by atoms with van der Waals surface area (Å²) in [5.41, 5.74) is 2.28. The molecule has 6 nitrogen and oxygen atoms in total. The van der Waals surface area contributed by atoms with Gasteiger partial charge in [-0.25, -0.2) is 4.39 Å². The number of benzene rings is 3. The maximum atomic E-state index is 13.7. The molecule has 0 aliphatic rings. The molecule has 3 aromatic rings. The minimum Gasteiger partial charge on any atom is -0.508 e. The first-order valence-electron chi connectivity index (χ1n) is 10.5. The predicted molar refractivity (Wildman–Crippen MR) is 120 cm³/mol. The molecule has 3 aromatic carbocycles. The number of ether oxygens (including phenoxy) is 2. The lowest BCUT2D eigenvalue weighted by Crippen LogP contribution is -2.13. The van der Waals surface area contributed by atoms with E-state index in [0.29, 0.717) is 18.4 Å². The topological polar surface area (TPSA) is 93.1 Å². The first kappa shape index (κ1) is 23.8. The third-order valence-electron chi connectivity index (χ3n) is 5.20. The molecule has 0 aromatic heterocycles. The van der Waals surface area contributed by atoms with Gasteiger partial charge in [0.25, 0.3) is 0 Å². The van der Waals surface area contributed by atoms with E-state index in [1.165, 1.54) is 24.3 Å². The highest BCUT2D eigenvalue weighted by molar-refractivity contribution is 5.75. The van der Waals surface area contributed by atoms with Crippen LogP contribution in [0.3, 0.4) is 0 Å². The highest BCUT2D eigenvalue weighted by atomic mass is 19.1. The summed E-state index contributed by atoms with van der Waals surface area (Å²) < 4.78 is 24.5. The normalized spacial score (nSPS) is 10.6. The van der Waals surface area contributed by atoms with E-state index in [1.807, 2.05) is 0 Å². The van der Waals surface area contributed by atoms with Crippen LogP contribution in [0, 0.1) is 6.92 Å². The molecule has 0 bridgehead atoms. The lowest BCUT2D eigenvalue weighted by Gasteiger charge is -2.14. The van der Waals surface area contributed by atoms with Crippen LogP contribution in [0.15, 0.2) is 60.7 Å². The molecule has 0 saturated carbocycles. The molecule has 0 amide bonds. The Morgan fingerprint density at radius 2 is 1.15 bits per heavy atom. The zero-order valence-electron chi connectivity index (χ0n) is 18.2. The highest BCUT2D eigenvalue weighted by Crippen LogP contribution is 2.31. The van der Waals surface area contributed by atoms with Gasteiger partial charge in [-0.05, 0) is 67.3 Å². The molecule has 0 saturated heterocycles. The van der Waals surface area contributed by atoms with E-state index < -0.39 is 18.6 Å². The van der Waals surface area contributed by atoms with Crippen LogP contribution in [0.25, 0.3) is 0 Å². The van der Waals surface area contributed by atoms with Crippen molar-refractivity contribution in [2.24, 2.45) is 0 Å². The molecular formula is C26H25FO6. The Morgan fingerprint density at radius 3 is 1.61 bits per heavy atom. The average Bonchev–Trinajstić information content (AvgIpc) is 2.80. The first-order chi connectivity index (χ1) is 15.9. The highest BCUT2D eigenvalue weighted by Gasteiger charge is 2.17. The number of aromatic hydroxyl groups is 2. The second-order valence-corrected chi connectivity index (χ2v) is 7.58. The second-order valence-electron chi connectivity index (χ2n) is 7.58. The summed E-state index contributed by atoms with van der Waals surface area (Å²) in [4.78, 5) is 24.5. The Balaban J connectivity index is 1.58. The maximum absolute atomic E-state index is 13.7. The monoisotopic (exact) mass is 452 g/mol. The number of carbonyl (C=O) groups is 2. The fourth-order valence-corrected chi connectivity index (χ4v) is 3.25. The molecule has 172 valence electrons. The van der Waals surface area contributed by atoms with Gasteiger partial charge in [-0.1, -0.05) is 24.3 Å². The average molecular weight is 452 g/mol. The van der Waals surface area contributed by atoms with Crippen molar-refractivity contribution in [3.05, 3.63) is 82.9 Å². The van der Waals surface area contributed by atoms with Crippen LogP contribution >= 0.6 is 0 Å². The zero-order valence-corrected chi connectivity index (χ0v) is 18.2. The predicted octanol–water partition coefficient (Wildman–Crippen LogP) is 4.95. The zero-order chi connectivity index (χ0) is 23.8. The molecule has 0 aliphatic heterocycles. The van der Waals surface area contributed by atoms with Gasteiger partial charge < -0.3 is 19.7 Å². The van der Waals surface area contributed by atoms with E-state index in [1.54, 1.807) is 43.3 Å². The maximum Gasteiger partial charge on any atom is 0.311 e. The van der Waals surface area contributed by atoms with Crippen molar-refractivity contribution >= 4 is 11.9 Å². The van der Waals surface area contributed by atoms with Crippen LogP contribution in [0.5, 0.6) is 23.0 Å². The van der Waals surface area contributed by atoms with Gasteiger partial charge in [0.1, 0.15) is 29.7 Å². The number of esters is 2. The summed E-state index contributed by atoms with van der Waals surface area (Å²) in [6.07, 6.45) is 1.05. The number of alkyl halides is 1. The van der Waals surface area contributed by atoms with Crippen LogP contribution in [0.4, 0.5) is 4.39 Å². The van der Waals surface area contributed by atoms with Gasteiger partial charge in [-0.2, -0.15) is 0 Å². The summed E-state index contributed by atoms with van der Waals surface area (Å²) in [6.45, 7) is 0.719. The summed E-state index contributed by atoms with van der Waals surface area (Å²) >= 11 is 0. The van der Waals surface area contributed by atoms with E-state index in [4.69, 9.17) is 9.47 Å². The standard InChI is InChI=1S/C26H25FO6/c1-17-22(16-27)24(33-26(31)15-7-19-4-10-21(29)11-5-19)13-12-23(17)32-25(30)14-6-18-2-8-20(28)9-3-18/h2-5,8-13,28-29H,6-7,14-16H2,1H3. The van der Waals surface area contributed by atoms with Crippen molar-refractivity contribution in [2.75, 3.05) is 0 Å². The molecule has 0 unspecified atom stereocenters. The van der Waals surface area contributed by atoms with Gasteiger partial charge in [0.15, 0.2) is 0 Å². The Labute approximate surface area is 191 Å². The summed E-state index contributed by atoms with van der Waals surface area (Å²) in [5.74, 6) is -0.398. The van der Waals surface area contributed by atoms with Gasteiger partial charge >= 0.3 is 11.9 Å². The number of halogens is 1. The summed E-state index contributed by atoms with van der Waals surface area (Å²) in [6, 6.07) is 15.9. The van der Waals surface area contributed by atoms with Gasteiger partial charge in [0, 0.05) is 24.0 Å². The van der Waals surface area contributed by atoms with E-state index in [9.17, 15) is 24.2 Å². The van der Waals surface area contributed by atoms with E-state index >= 15 is 0 Å². The minimum atomic E-state index is -0.884. The Morgan fingerprint density at radius 1 is 0.727 bits per heavy atom. The van der Waals surface area contributed by atoms with Gasteiger partial charge in [-0.15, -0.1) is 0 Å². The van der Waals surface area contributed by atoms with Crippen LogP contribution in [-0.4, -0.2) is 22.2 Å². The van der Waals surface area contributed by atoms with Crippen molar-refractivity contribution in [3.8, 4) is 23.0 Å². The van der Waals surface area contributed by atoms with Gasteiger partial charge in [0.2, 0.25) is 0 Å². The number of hydrogen-bond donors (Lipinski definition) is 2. The van der Waals surface area contributed by atoms with Crippen LogP contribution < -0.4 is 9.47 Å². The molecule has 0 spiro atoms. The number of phenols is 2. The molecule has 33 heavy (non-hydrogen) atoms. The number of aryl methyl sites for hydroxylation is 2. The van der Waals surface area contributed by atoms with Crippen molar-refractivity contribution in [1.29, 1.82) is 0 Å². The van der Waals surface area contributed by atoms with Crippen LogP contribution in [0.1, 0.15) is 35.1 Å². The SMILES string of the molecule is Cc1c(OC(=O)CCc2ccc(O)cc2)ccc(OC(=O)CCc2ccc(O)cc2)c1CF. The fourth-order valence-electron chi connectivity index (χ4n) is 3.25. The van der Waals surface area contributed by atoms with Crippen LogP contribution in [-0.2, 0) is 29.1 Å². The minimum absolute atomic E-state index is 0.0869. The number of hydrogen-bond acceptors (Lipinski definition) is 6. The quantitative estimate of drug-likeness (QED) is 0.352. The fraction of sp³-hybridized carbons (Fsp3) is 0.231. The molecule has 3 rings (SSSR count). The molecule has 0 aliphatic carbocycles. The first-order valence-corrected chi connectivity index (χ1v) is 10.5. The van der Waals surface area contributed by atoms with Crippen molar-refractivity contribution in [1.82, 2.24) is 0 Å². The smallest absolute Gasteiger partial charge is 0.311 e. The molecule has 0 heterocycles. The third kappa shape index (κ3) is 6.80. The van der Waals surface area contributed by atoms with Crippen molar-refractivity contribution < 1.29 is 33.7 Å². The second kappa shape index (κ2) is 11.1. The Hall–Kier alpha value is -3.87. The van der Waals surface area contributed by atoms with E-state index in [0.717, 1.165) is 11.1 Å². The van der Waals surface area contributed by atoms with Crippen LogP contribution in [0.2, 0.25) is 0 Å². The van der Waals surface area contributed by atoms with Crippen molar-refractivity contribution in [3.63, 3.8) is 0 Å². The molecule has 0 fully saturated rings. The number of carbonyl (C=O) groups excluding carboxylic acids is 2. The summed E-state index contributed by atoms with van der Waals surface area (Å²) in [5, 5.41) is 18.6. The molecule has 7 heteroatoms. The number of phenolic OH excluding ortho intramolecular Hbond substituents is 2. The van der Waals surface area contributed by atoms with Gasteiger partial charge in [-0.3, -0.25) is 9.59 Å². The molecular weight excluding hydrogens is 427 g/mol. The van der Waals surface area contributed by atoms with E-state index in [-0.39, 0.29) is 41.4 Å². The number of rotatable bonds is 9. The van der Waals surface area contributed by atoms with E-state index in [2.05, 4.69) is 0 Å². The summed E-state index contributed by atoms with van der Waals surface area (Å²) in [7, 11) is 0. The molecule has 0 atom stereocenters. The molecule has 2 N–H and O–H groups in total. The lowest BCUT2D eigenvalue weighted by molar-refractivity contribution is -0.135. The Bertz CT molecular complexity index is 1110. The third-order valence-corrected chi connectivity index (χ3v) is 5.20. The van der Waals surface area contributed by atoms with Gasteiger partial charge in [0.05, 0.1) is 0 Å². The lowest BCUT2D eigenvalue weighted by atomic mass is 10.1.